The van der Waals surface area contributed by atoms with Gasteiger partial charge in [-0.15, -0.1) is 0 Å². The van der Waals surface area contributed by atoms with Crippen molar-refractivity contribution in [3.63, 3.8) is 0 Å². The Kier molecular flexibility index (Phi) is 8.48. The van der Waals surface area contributed by atoms with Crippen molar-refractivity contribution >= 4 is 14.9 Å². The molecule has 9 nitrogen and oxygen atoms in total. The van der Waals surface area contributed by atoms with Gasteiger partial charge in [-0.05, 0) is 57.4 Å². The molecule has 10 heteroatoms. The molecule has 2 N–H and O–H groups in total. The average molecular weight is 457 g/mol. The number of hydroxylamine groups is 2. The van der Waals surface area contributed by atoms with Crippen LogP contribution in [0.5, 0.6) is 5.75 Å². The summed E-state index contributed by atoms with van der Waals surface area (Å²) in [5.41, 5.74) is -0.411. The topological polar surface area (TPSA) is 102 Å². The van der Waals surface area contributed by atoms with Gasteiger partial charge in [0.05, 0.1) is 18.8 Å². The molecule has 0 spiro atoms. The molecule has 1 fully saturated rings. The van der Waals surface area contributed by atoms with Crippen molar-refractivity contribution in [2.75, 3.05) is 26.4 Å². The van der Waals surface area contributed by atoms with E-state index in [-0.39, 0.29) is 17.4 Å². The summed E-state index contributed by atoms with van der Waals surface area (Å²) in [6.45, 7) is 15.0. The van der Waals surface area contributed by atoms with Crippen molar-refractivity contribution in [1.29, 1.82) is 0 Å². The summed E-state index contributed by atoms with van der Waals surface area (Å²) in [5, 5.41) is 24.6. The van der Waals surface area contributed by atoms with Gasteiger partial charge in [-0.3, -0.25) is 5.21 Å². The zero-order valence-corrected chi connectivity index (χ0v) is 20.5. The van der Waals surface area contributed by atoms with E-state index in [4.69, 9.17) is 22.4 Å². The van der Waals surface area contributed by atoms with Gasteiger partial charge in [-0.1, -0.05) is 25.9 Å². The molecule has 2 rings (SSSR count). The van der Waals surface area contributed by atoms with Crippen LogP contribution < -0.4 is 4.74 Å². The number of ether oxygens (including phenoxy) is 1. The third-order valence-electron chi connectivity index (χ3n) is 5.61. The molecule has 1 heterocycles. The third kappa shape index (κ3) is 5.97. The molecule has 0 aliphatic carbocycles. The number of hydrogen-bond donors (Lipinski definition) is 2. The summed E-state index contributed by atoms with van der Waals surface area (Å²) in [6.07, 6.45) is -0.312. The first-order chi connectivity index (χ1) is 14.5. The molecule has 176 valence electrons. The maximum absolute atomic E-state index is 10.8. The van der Waals surface area contributed by atoms with E-state index in [0.717, 1.165) is 5.06 Å². The van der Waals surface area contributed by atoms with Crippen molar-refractivity contribution in [2.24, 2.45) is 10.6 Å². The van der Waals surface area contributed by atoms with E-state index in [9.17, 15) is 10.4 Å². The van der Waals surface area contributed by atoms with E-state index < -0.39 is 14.6 Å². The van der Waals surface area contributed by atoms with Gasteiger partial charge < -0.3 is 27.6 Å². The molecule has 1 aromatic rings. The van der Waals surface area contributed by atoms with Crippen LogP contribution in [-0.4, -0.2) is 68.4 Å². The largest absolute Gasteiger partial charge is 0.679 e. The molecule has 1 aliphatic rings. The summed E-state index contributed by atoms with van der Waals surface area (Å²) in [6, 6.07) is 6.91. The molecule has 0 saturated carbocycles. The second kappa shape index (κ2) is 10.3. The van der Waals surface area contributed by atoms with E-state index in [1.807, 2.05) is 48.5 Å². The van der Waals surface area contributed by atoms with Gasteiger partial charge in [0.25, 0.3) is 0 Å². The van der Waals surface area contributed by atoms with Crippen LogP contribution >= 0.6 is 0 Å². The first-order valence-corrected chi connectivity index (χ1v) is 12.2. The van der Waals surface area contributed by atoms with Gasteiger partial charge >= 0.3 is 9.05 Å². The van der Waals surface area contributed by atoms with Crippen LogP contribution in [0, 0.1) is 5.41 Å². The molecule has 0 atom stereocenters. The molecule has 0 radical (unpaired) electrons. The molecule has 0 aromatic heterocycles. The molecule has 31 heavy (non-hydrogen) atoms. The number of hydrogen-bond acceptors (Lipinski definition) is 8. The molecular formula is C21H36N2O7Si. The molecule has 1 aromatic carbocycles. The first kappa shape index (κ1) is 25.6. The fraction of sp³-hybridized carbons (Fsp3) is 0.667. The minimum absolute atomic E-state index is 0.0556. The number of benzene rings is 1. The smallest absolute Gasteiger partial charge is 0.486 e. The predicted octanol–water partition coefficient (Wildman–Crippen LogP) is 3.64. The lowest BCUT2D eigenvalue weighted by molar-refractivity contribution is -0.134. The van der Waals surface area contributed by atoms with Gasteiger partial charge in [0.2, 0.25) is 0 Å². The lowest BCUT2D eigenvalue weighted by Gasteiger charge is -2.44. The van der Waals surface area contributed by atoms with Crippen LogP contribution in [0.3, 0.4) is 0 Å². The second-order valence-corrected chi connectivity index (χ2v) is 11.0. The highest BCUT2D eigenvalue weighted by atomic mass is 28.4. The van der Waals surface area contributed by atoms with Crippen LogP contribution in [0.1, 0.15) is 54.0 Å². The lowest BCUT2D eigenvalue weighted by atomic mass is 9.76. The minimum Gasteiger partial charge on any atom is -0.486 e. The second-order valence-electron chi connectivity index (χ2n) is 8.80. The lowest BCUT2D eigenvalue weighted by Crippen LogP contribution is -2.56. The molecule has 0 bridgehead atoms. The van der Waals surface area contributed by atoms with Crippen LogP contribution in [-0.2, 0) is 17.7 Å². The maximum Gasteiger partial charge on any atom is 0.679 e. The highest BCUT2D eigenvalue weighted by Crippen LogP contribution is 2.35. The van der Waals surface area contributed by atoms with Gasteiger partial charge in [0, 0.05) is 18.8 Å². The van der Waals surface area contributed by atoms with Crippen LogP contribution in [0.15, 0.2) is 29.4 Å². The Labute approximate surface area is 185 Å². The Morgan fingerprint density at radius 3 is 2.00 bits per heavy atom. The van der Waals surface area contributed by atoms with Crippen molar-refractivity contribution < 1.29 is 32.9 Å². The maximum atomic E-state index is 10.8. The fourth-order valence-corrected chi connectivity index (χ4v) is 4.78. The predicted molar refractivity (Wildman–Crippen MR) is 117 cm³/mol. The Hall–Kier alpha value is -1.69. The van der Waals surface area contributed by atoms with Gasteiger partial charge in [-0.25, -0.2) is 5.06 Å². The number of nitrogens with zero attached hydrogens (tertiary/aromatic N) is 2. The molecular weight excluding hydrogens is 420 g/mol. The normalized spacial score (nSPS) is 18.1. The van der Waals surface area contributed by atoms with Crippen molar-refractivity contribution in [2.45, 2.75) is 60.1 Å². The average Bonchev–Trinajstić information content (AvgIpc) is 2.71. The van der Waals surface area contributed by atoms with Gasteiger partial charge in [-0.2, -0.15) is 0 Å². The molecule has 0 unspecified atom stereocenters. The molecule has 1 aliphatic heterocycles. The third-order valence-corrected chi connectivity index (χ3v) is 7.93. The van der Waals surface area contributed by atoms with Crippen LogP contribution in [0.25, 0.3) is 0 Å². The number of amidine groups is 1. The highest BCUT2D eigenvalue weighted by Gasteiger charge is 2.49. The van der Waals surface area contributed by atoms with E-state index in [1.54, 1.807) is 24.3 Å². The highest BCUT2D eigenvalue weighted by molar-refractivity contribution is 6.53. The van der Waals surface area contributed by atoms with Gasteiger partial charge in [0.15, 0.2) is 5.84 Å². The Morgan fingerprint density at radius 1 is 1.06 bits per heavy atom. The van der Waals surface area contributed by atoms with Crippen molar-refractivity contribution in [3.05, 3.63) is 29.8 Å². The minimum atomic E-state index is -3.07. The summed E-state index contributed by atoms with van der Waals surface area (Å²) >= 11 is 0. The Bertz CT molecular complexity index is 718. The summed E-state index contributed by atoms with van der Waals surface area (Å²) in [5.74, 6) is 0.653. The number of rotatable bonds is 8. The quantitative estimate of drug-likeness (QED) is 0.201. The molecule has 1 saturated heterocycles. The summed E-state index contributed by atoms with van der Waals surface area (Å²) in [7, 11) is -3.07. The van der Waals surface area contributed by atoms with Crippen molar-refractivity contribution in [1.82, 2.24) is 5.06 Å². The summed E-state index contributed by atoms with van der Waals surface area (Å²) < 4.78 is 28.6. The van der Waals surface area contributed by atoms with E-state index in [2.05, 4.69) is 5.16 Å². The SMILES string of the molecule is CCO[Si]1(OCC)OCC(Oc2ccc(/C(=N\O)N(O)C(C)(C)C(C)(C)C)cc2)CO1. The Morgan fingerprint density at radius 2 is 1.58 bits per heavy atom. The standard InChI is InChI=1S/C21H36N2O7Si/c1-8-26-31(27-9-2)28-14-18(15-29-31)30-17-12-10-16(11-13-17)19(22-24)23(25)21(6,7)20(3,4)5/h10-13,18,24-25H,8-9,14-15H2,1-7H3/b22-19+. The zero-order valence-electron chi connectivity index (χ0n) is 19.5. The molecule has 0 amide bonds. The van der Waals surface area contributed by atoms with E-state index in [0.29, 0.717) is 37.7 Å². The fourth-order valence-electron chi connectivity index (χ4n) is 2.79. The van der Waals surface area contributed by atoms with Crippen LogP contribution in [0.2, 0.25) is 0 Å². The van der Waals surface area contributed by atoms with Crippen LogP contribution in [0.4, 0.5) is 0 Å². The summed E-state index contributed by atoms with van der Waals surface area (Å²) in [4.78, 5) is 0. The van der Waals surface area contributed by atoms with Crippen molar-refractivity contribution in [3.8, 4) is 5.75 Å². The monoisotopic (exact) mass is 456 g/mol. The zero-order chi connectivity index (χ0) is 23.3. The number of oxime groups is 1. The van der Waals surface area contributed by atoms with Gasteiger partial charge in [0.1, 0.15) is 11.9 Å². The van der Waals surface area contributed by atoms with E-state index in [1.165, 1.54) is 0 Å². The van der Waals surface area contributed by atoms with E-state index >= 15 is 0 Å². The Balaban J connectivity index is 2.04. The first-order valence-electron chi connectivity index (χ1n) is 10.5.